The number of methoxy groups -OCH3 is 1. The molecule has 1 N–H and O–H groups in total. The van der Waals surface area contributed by atoms with Gasteiger partial charge in [0, 0.05) is 44.8 Å². The number of carbonyl (C=O) groups excluding carboxylic acids is 1. The molecule has 1 atom stereocenters. The fraction of sp³-hybridized carbons (Fsp3) is 0.520. The highest BCUT2D eigenvalue weighted by Crippen LogP contribution is 2.29. The number of rotatable bonds is 9. The zero-order valence-corrected chi connectivity index (χ0v) is 22.1. The van der Waals surface area contributed by atoms with Crippen molar-refractivity contribution in [2.24, 2.45) is 11.1 Å². The van der Waals surface area contributed by atoms with E-state index in [0.717, 1.165) is 41.8 Å². The number of carbonyl (C=O) groups is 1. The molecule has 0 radical (unpaired) electrons. The van der Waals surface area contributed by atoms with Crippen molar-refractivity contribution in [3.63, 3.8) is 0 Å². The van der Waals surface area contributed by atoms with Crippen LogP contribution >= 0.6 is 0 Å². The fourth-order valence-corrected chi connectivity index (χ4v) is 5.28. The van der Waals surface area contributed by atoms with E-state index in [4.69, 9.17) is 9.57 Å². The van der Waals surface area contributed by atoms with E-state index in [-0.39, 0.29) is 23.7 Å². The fourth-order valence-electron chi connectivity index (χ4n) is 4.65. The molecular weight excluding hydrogens is 501 g/mol. The maximum atomic E-state index is 13.6. The molecule has 200 valence electrons. The van der Waals surface area contributed by atoms with E-state index in [1.165, 1.54) is 13.2 Å². The highest BCUT2D eigenvalue weighted by molar-refractivity contribution is 7.91. The van der Waals surface area contributed by atoms with Gasteiger partial charge in [-0.1, -0.05) is 11.2 Å². The molecule has 1 unspecified atom stereocenters. The van der Waals surface area contributed by atoms with E-state index in [9.17, 15) is 17.6 Å². The van der Waals surface area contributed by atoms with Gasteiger partial charge in [-0.25, -0.2) is 22.8 Å². The van der Waals surface area contributed by atoms with Gasteiger partial charge in [0.25, 0.3) is 0 Å². The van der Waals surface area contributed by atoms with Crippen LogP contribution in [0.5, 0.6) is 5.75 Å². The number of aromatic nitrogens is 2. The van der Waals surface area contributed by atoms with E-state index in [2.05, 4.69) is 20.4 Å². The van der Waals surface area contributed by atoms with E-state index in [0.29, 0.717) is 38.4 Å². The van der Waals surface area contributed by atoms with Crippen LogP contribution in [0, 0.1) is 18.7 Å². The van der Waals surface area contributed by atoms with Crippen molar-refractivity contribution >= 4 is 21.5 Å². The monoisotopic (exact) mass is 533 g/mol. The number of oxime groups is 1. The Balaban J connectivity index is 1.30. The van der Waals surface area contributed by atoms with E-state index < -0.39 is 21.4 Å². The molecule has 12 heteroatoms. The Labute approximate surface area is 216 Å². The molecule has 2 aromatic rings. The van der Waals surface area contributed by atoms with Crippen molar-refractivity contribution in [2.45, 2.75) is 45.4 Å². The van der Waals surface area contributed by atoms with Crippen LogP contribution in [-0.4, -0.2) is 73.2 Å². The summed E-state index contributed by atoms with van der Waals surface area (Å²) in [5, 5.41) is 7.61. The standard InChI is InChI=1S/C25H32FN5O5S/c1-16-28-19(14-27-13-17-4-5-20(26)24(10-17)35-2)11-21(29-16)22-12-23(36-30-22)18-6-8-31(9-7-18)25(32)15-37(3,33)34/h4-5,10-11,18,23,27H,6-9,12-15H2,1-3H3. The molecule has 2 aliphatic heterocycles. The van der Waals surface area contributed by atoms with Gasteiger partial charge in [0.1, 0.15) is 23.4 Å². The topological polar surface area (TPSA) is 123 Å². The minimum absolute atomic E-state index is 0.104. The summed E-state index contributed by atoms with van der Waals surface area (Å²) in [4.78, 5) is 28.6. The predicted octanol–water partition coefficient (Wildman–Crippen LogP) is 2.00. The number of piperidine rings is 1. The molecule has 1 fully saturated rings. The minimum atomic E-state index is -3.34. The van der Waals surface area contributed by atoms with Crippen molar-refractivity contribution in [1.29, 1.82) is 0 Å². The Bertz CT molecular complexity index is 1280. The van der Waals surface area contributed by atoms with Crippen molar-refractivity contribution < 1.29 is 27.2 Å². The van der Waals surface area contributed by atoms with Crippen LogP contribution in [0.25, 0.3) is 0 Å². The van der Waals surface area contributed by atoms with Crippen LogP contribution in [-0.2, 0) is 32.6 Å². The highest BCUT2D eigenvalue weighted by Gasteiger charge is 2.34. The number of sulfone groups is 1. The molecule has 1 amide bonds. The lowest BCUT2D eigenvalue weighted by Crippen LogP contribution is -2.43. The number of likely N-dealkylation sites (tertiary alicyclic amines) is 1. The maximum absolute atomic E-state index is 13.6. The highest BCUT2D eigenvalue weighted by atomic mass is 32.2. The SMILES string of the molecule is COc1cc(CNCc2cc(C3=NOC(C4CCN(C(=O)CS(C)(=O)=O)CC4)C3)nc(C)n2)ccc1F. The average molecular weight is 534 g/mol. The Morgan fingerprint density at radius 1 is 1.22 bits per heavy atom. The Morgan fingerprint density at radius 2 is 1.97 bits per heavy atom. The van der Waals surface area contributed by atoms with Crippen molar-refractivity contribution in [3.8, 4) is 5.75 Å². The summed E-state index contributed by atoms with van der Waals surface area (Å²) in [6, 6.07) is 6.64. The predicted molar refractivity (Wildman–Crippen MR) is 135 cm³/mol. The number of nitrogens with zero attached hydrogens (tertiary/aromatic N) is 4. The number of nitrogens with one attached hydrogen (secondary N) is 1. The molecule has 1 saturated heterocycles. The van der Waals surface area contributed by atoms with Crippen LogP contribution in [0.15, 0.2) is 29.4 Å². The molecular formula is C25H32FN5O5S. The van der Waals surface area contributed by atoms with Crippen LogP contribution in [0.2, 0.25) is 0 Å². The quantitative estimate of drug-likeness (QED) is 0.519. The number of hydrogen-bond donors (Lipinski definition) is 1. The van der Waals surface area contributed by atoms with Crippen molar-refractivity contribution in [2.75, 3.05) is 32.2 Å². The van der Waals surface area contributed by atoms with Gasteiger partial charge in [-0.2, -0.15) is 0 Å². The number of benzene rings is 1. The number of ether oxygens (including phenoxy) is 1. The molecule has 2 aliphatic rings. The second kappa shape index (κ2) is 11.5. The molecule has 37 heavy (non-hydrogen) atoms. The lowest BCUT2D eigenvalue weighted by molar-refractivity contribution is -0.130. The molecule has 4 rings (SSSR count). The van der Waals surface area contributed by atoms with E-state index >= 15 is 0 Å². The number of aryl methyl sites for hydroxylation is 1. The summed E-state index contributed by atoms with van der Waals surface area (Å²) < 4.78 is 41.5. The molecule has 0 spiro atoms. The maximum Gasteiger partial charge on any atom is 0.237 e. The van der Waals surface area contributed by atoms with Crippen molar-refractivity contribution in [3.05, 3.63) is 52.9 Å². The normalized spacial score (nSPS) is 18.4. The lowest BCUT2D eigenvalue weighted by atomic mass is 9.88. The zero-order valence-electron chi connectivity index (χ0n) is 21.2. The summed E-state index contributed by atoms with van der Waals surface area (Å²) >= 11 is 0. The van der Waals surface area contributed by atoms with Gasteiger partial charge in [0.15, 0.2) is 21.4 Å². The third kappa shape index (κ3) is 7.22. The van der Waals surface area contributed by atoms with E-state index in [1.54, 1.807) is 17.0 Å². The largest absolute Gasteiger partial charge is 0.494 e. The van der Waals surface area contributed by atoms with Gasteiger partial charge in [-0.05, 0) is 43.5 Å². The molecule has 10 nitrogen and oxygen atoms in total. The summed E-state index contributed by atoms with van der Waals surface area (Å²) in [7, 11) is -1.90. The summed E-state index contributed by atoms with van der Waals surface area (Å²) in [6.45, 7) is 3.86. The smallest absolute Gasteiger partial charge is 0.237 e. The Morgan fingerprint density at radius 3 is 2.68 bits per heavy atom. The second-order valence-electron chi connectivity index (χ2n) is 9.54. The van der Waals surface area contributed by atoms with Gasteiger partial charge in [0.2, 0.25) is 5.91 Å². The van der Waals surface area contributed by atoms with Gasteiger partial charge in [-0.15, -0.1) is 0 Å². The van der Waals surface area contributed by atoms with Gasteiger partial charge >= 0.3 is 0 Å². The molecule has 0 aliphatic carbocycles. The average Bonchev–Trinajstić information content (AvgIpc) is 3.34. The minimum Gasteiger partial charge on any atom is -0.494 e. The zero-order chi connectivity index (χ0) is 26.6. The third-order valence-corrected chi connectivity index (χ3v) is 7.31. The van der Waals surface area contributed by atoms with Crippen LogP contribution < -0.4 is 10.1 Å². The summed E-state index contributed by atoms with van der Waals surface area (Å²) in [5.41, 5.74) is 3.18. The number of amides is 1. The first kappa shape index (κ1) is 26.9. The summed E-state index contributed by atoms with van der Waals surface area (Å²) in [5.74, 6) is -0.137. The first-order valence-electron chi connectivity index (χ1n) is 12.2. The second-order valence-corrected chi connectivity index (χ2v) is 11.7. The first-order chi connectivity index (χ1) is 17.6. The van der Waals surface area contributed by atoms with Gasteiger partial charge < -0.3 is 19.8 Å². The van der Waals surface area contributed by atoms with Crippen LogP contribution in [0.1, 0.15) is 42.0 Å². The van der Waals surface area contributed by atoms with Gasteiger partial charge in [0.05, 0.1) is 18.5 Å². The molecule has 3 heterocycles. The molecule has 1 aromatic heterocycles. The van der Waals surface area contributed by atoms with Crippen LogP contribution in [0.3, 0.4) is 0 Å². The molecule has 0 saturated carbocycles. The lowest BCUT2D eigenvalue weighted by Gasteiger charge is -2.33. The third-order valence-electron chi connectivity index (χ3n) is 6.53. The summed E-state index contributed by atoms with van der Waals surface area (Å²) in [6.07, 6.45) is 3.04. The van der Waals surface area contributed by atoms with E-state index in [1.807, 2.05) is 13.0 Å². The first-order valence-corrected chi connectivity index (χ1v) is 14.2. The Kier molecular flexibility index (Phi) is 8.38. The number of halogens is 1. The number of hydrogen-bond acceptors (Lipinski definition) is 9. The van der Waals surface area contributed by atoms with Crippen molar-refractivity contribution in [1.82, 2.24) is 20.2 Å². The Hall–Kier alpha value is -3.12. The molecule has 1 aromatic carbocycles. The van der Waals surface area contributed by atoms with Crippen LogP contribution in [0.4, 0.5) is 4.39 Å². The molecule has 0 bridgehead atoms. The van der Waals surface area contributed by atoms with Gasteiger partial charge in [-0.3, -0.25) is 4.79 Å².